The third-order valence-electron chi connectivity index (χ3n) is 3.48. The lowest BCUT2D eigenvalue weighted by molar-refractivity contribution is 0.0953. The molecule has 2 aromatic rings. The summed E-state index contributed by atoms with van der Waals surface area (Å²) in [6, 6.07) is 9.91. The van der Waals surface area contributed by atoms with Gasteiger partial charge in [0.25, 0.3) is 5.91 Å². The molecule has 134 valence electrons. The van der Waals surface area contributed by atoms with Gasteiger partial charge in [-0.05, 0) is 78.8 Å². The standard InChI is InChI=1S/C19H21FINO3/c1-3-24-17-8-5-13(11-18(17)25-4-2)9-10-22-19(23)15-7-6-14(20)12-16(15)21/h5-8,11-12H,3-4,9-10H2,1-2H3,(H,22,23). The van der Waals surface area contributed by atoms with Crippen molar-refractivity contribution in [2.75, 3.05) is 19.8 Å². The molecule has 0 saturated heterocycles. The maximum atomic E-state index is 13.1. The van der Waals surface area contributed by atoms with Gasteiger partial charge in [-0.25, -0.2) is 4.39 Å². The second kappa shape index (κ2) is 9.60. The summed E-state index contributed by atoms with van der Waals surface area (Å²) in [5, 5.41) is 2.86. The molecule has 4 nitrogen and oxygen atoms in total. The van der Waals surface area contributed by atoms with Gasteiger partial charge in [-0.2, -0.15) is 0 Å². The zero-order valence-corrected chi connectivity index (χ0v) is 16.4. The summed E-state index contributed by atoms with van der Waals surface area (Å²) in [4.78, 5) is 12.2. The van der Waals surface area contributed by atoms with E-state index >= 15 is 0 Å². The van der Waals surface area contributed by atoms with Gasteiger partial charge in [0.15, 0.2) is 11.5 Å². The highest BCUT2D eigenvalue weighted by atomic mass is 127. The van der Waals surface area contributed by atoms with Gasteiger partial charge < -0.3 is 14.8 Å². The van der Waals surface area contributed by atoms with E-state index in [0.717, 1.165) is 11.3 Å². The first-order valence-corrected chi connectivity index (χ1v) is 9.24. The van der Waals surface area contributed by atoms with Crippen LogP contribution in [0, 0.1) is 9.39 Å². The molecule has 0 radical (unpaired) electrons. The Hall–Kier alpha value is -1.83. The first kappa shape index (κ1) is 19.5. The van der Waals surface area contributed by atoms with Gasteiger partial charge in [-0.3, -0.25) is 4.79 Å². The predicted octanol–water partition coefficient (Wildman–Crippen LogP) is 4.20. The normalized spacial score (nSPS) is 10.4. The lowest BCUT2D eigenvalue weighted by Crippen LogP contribution is -2.26. The number of hydrogen-bond donors (Lipinski definition) is 1. The van der Waals surface area contributed by atoms with E-state index in [1.165, 1.54) is 18.2 Å². The third-order valence-corrected chi connectivity index (χ3v) is 4.38. The van der Waals surface area contributed by atoms with E-state index in [9.17, 15) is 9.18 Å². The van der Waals surface area contributed by atoms with Crippen LogP contribution in [0.1, 0.15) is 29.8 Å². The summed E-state index contributed by atoms with van der Waals surface area (Å²) >= 11 is 1.96. The Morgan fingerprint density at radius 2 is 1.80 bits per heavy atom. The molecule has 0 bridgehead atoms. The van der Waals surface area contributed by atoms with Crippen molar-refractivity contribution in [2.24, 2.45) is 0 Å². The smallest absolute Gasteiger partial charge is 0.252 e. The van der Waals surface area contributed by atoms with E-state index < -0.39 is 0 Å². The molecule has 0 aliphatic carbocycles. The van der Waals surface area contributed by atoms with Crippen LogP contribution >= 0.6 is 22.6 Å². The first-order chi connectivity index (χ1) is 12.0. The van der Waals surface area contributed by atoms with Crippen molar-refractivity contribution >= 4 is 28.5 Å². The minimum atomic E-state index is -0.348. The molecular formula is C19H21FINO3. The monoisotopic (exact) mass is 457 g/mol. The van der Waals surface area contributed by atoms with Crippen LogP contribution in [-0.2, 0) is 6.42 Å². The van der Waals surface area contributed by atoms with E-state index in [1.807, 2.05) is 54.6 Å². The molecule has 0 aliphatic heterocycles. The third kappa shape index (κ3) is 5.59. The second-order valence-corrected chi connectivity index (χ2v) is 6.44. The fourth-order valence-electron chi connectivity index (χ4n) is 2.34. The molecule has 6 heteroatoms. The number of benzene rings is 2. The van der Waals surface area contributed by atoms with Crippen LogP contribution in [0.4, 0.5) is 4.39 Å². The molecule has 0 atom stereocenters. The second-order valence-electron chi connectivity index (χ2n) is 5.28. The minimum absolute atomic E-state index is 0.208. The van der Waals surface area contributed by atoms with E-state index in [4.69, 9.17) is 9.47 Å². The average molecular weight is 457 g/mol. The average Bonchev–Trinajstić information content (AvgIpc) is 2.57. The van der Waals surface area contributed by atoms with Crippen molar-refractivity contribution in [3.8, 4) is 11.5 Å². The van der Waals surface area contributed by atoms with Crippen molar-refractivity contribution in [1.82, 2.24) is 5.32 Å². The Morgan fingerprint density at radius 1 is 1.08 bits per heavy atom. The number of nitrogens with one attached hydrogen (secondary N) is 1. The summed E-state index contributed by atoms with van der Waals surface area (Å²) < 4.78 is 24.9. The molecule has 2 rings (SSSR count). The van der Waals surface area contributed by atoms with E-state index in [0.29, 0.717) is 41.1 Å². The zero-order valence-electron chi connectivity index (χ0n) is 14.3. The minimum Gasteiger partial charge on any atom is -0.490 e. The quantitative estimate of drug-likeness (QED) is 0.605. The van der Waals surface area contributed by atoms with Crippen molar-refractivity contribution in [3.63, 3.8) is 0 Å². The van der Waals surface area contributed by atoms with Crippen LogP contribution in [0.15, 0.2) is 36.4 Å². The SMILES string of the molecule is CCOc1ccc(CCNC(=O)c2ccc(F)cc2I)cc1OCC. The molecule has 0 aromatic heterocycles. The molecule has 0 heterocycles. The molecule has 0 aliphatic rings. The summed E-state index contributed by atoms with van der Waals surface area (Å²) in [6.07, 6.45) is 0.663. The van der Waals surface area contributed by atoms with Crippen LogP contribution < -0.4 is 14.8 Å². The van der Waals surface area contributed by atoms with Crippen LogP contribution in [-0.4, -0.2) is 25.7 Å². The topological polar surface area (TPSA) is 47.6 Å². The van der Waals surface area contributed by atoms with Crippen molar-refractivity contribution in [3.05, 3.63) is 56.9 Å². The number of carbonyl (C=O) groups excluding carboxylic acids is 1. The molecule has 0 unspecified atom stereocenters. The maximum Gasteiger partial charge on any atom is 0.252 e. The number of hydrogen-bond acceptors (Lipinski definition) is 3. The Balaban J connectivity index is 1.96. The van der Waals surface area contributed by atoms with Crippen LogP contribution in [0.3, 0.4) is 0 Å². The summed E-state index contributed by atoms with van der Waals surface area (Å²) in [5.74, 6) is 0.874. The van der Waals surface area contributed by atoms with E-state index in [2.05, 4.69) is 5.32 Å². The molecule has 1 N–H and O–H groups in total. The van der Waals surface area contributed by atoms with Crippen molar-refractivity contribution in [1.29, 1.82) is 0 Å². The van der Waals surface area contributed by atoms with Crippen molar-refractivity contribution < 1.29 is 18.7 Å². The Bertz CT molecular complexity index is 737. The number of halogens is 2. The Kier molecular flexibility index (Phi) is 7.49. The summed E-state index contributed by atoms with van der Waals surface area (Å²) in [5.41, 5.74) is 1.52. The molecular weight excluding hydrogens is 436 g/mol. The molecule has 25 heavy (non-hydrogen) atoms. The highest BCUT2D eigenvalue weighted by molar-refractivity contribution is 14.1. The predicted molar refractivity (Wildman–Crippen MR) is 104 cm³/mol. The first-order valence-electron chi connectivity index (χ1n) is 8.17. The lowest BCUT2D eigenvalue weighted by Gasteiger charge is -2.13. The molecule has 0 saturated carbocycles. The Labute approximate surface area is 160 Å². The van der Waals surface area contributed by atoms with E-state index in [-0.39, 0.29) is 11.7 Å². The zero-order chi connectivity index (χ0) is 18.2. The maximum absolute atomic E-state index is 13.1. The molecule has 0 spiro atoms. The van der Waals surface area contributed by atoms with E-state index in [1.54, 1.807) is 0 Å². The molecule has 1 amide bonds. The van der Waals surface area contributed by atoms with Gasteiger partial charge in [0.2, 0.25) is 0 Å². The van der Waals surface area contributed by atoms with Crippen LogP contribution in [0.5, 0.6) is 11.5 Å². The lowest BCUT2D eigenvalue weighted by atomic mass is 10.1. The van der Waals surface area contributed by atoms with Crippen molar-refractivity contribution in [2.45, 2.75) is 20.3 Å². The van der Waals surface area contributed by atoms with Gasteiger partial charge >= 0.3 is 0 Å². The Morgan fingerprint density at radius 3 is 2.48 bits per heavy atom. The van der Waals surface area contributed by atoms with Gasteiger partial charge in [-0.1, -0.05) is 6.07 Å². The number of carbonyl (C=O) groups is 1. The summed E-state index contributed by atoms with van der Waals surface area (Å²) in [6.45, 7) is 5.46. The number of ether oxygens (including phenoxy) is 2. The van der Waals surface area contributed by atoms with Gasteiger partial charge in [-0.15, -0.1) is 0 Å². The highest BCUT2D eigenvalue weighted by Crippen LogP contribution is 2.28. The molecule has 0 fully saturated rings. The fraction of sp³-hybridized carbons (Fsp3) is 0.316. The van der Waals surface area contributed by atoms with Crippen LogP contribution in [0.2, 0.25) is 0 Å². The number of amides is 1. The largest absolute Gasteiger partial charge is 0.490 e. The number of rotatable bonds is 8. The van der Waals surface area contributed by atoms with Gasteiger partial charge in [0.1, 0.15) is 5.82 Å². The highest BCUT2D eigenvalue weighted by Gasteiger charge is 2.11. The summed E-state index contributed by atoms with van der Waals surface area (Å²) in [7, 11) is 0. The fourth-order valence-corrected chi connectivity index (χ4v) is 3.06. The molecule has 2 aromatic carbocycles. The van der Waals surface area contributed by atoms with Gasteiger partial charge in [0.05, 0.1) is 18.8 Å². The van der Waals surface area contributed by atoms with Gasteiger partial charge in [0, 0.05) is 10.1 Å². The van der Waals surface area contributed by atoms with Crippen LogP contribution in [0.25, 0.3) is 0 Å².